The average Bonchev–Trinajstić information content (AvgIpc) is 3.00. The van der Waals surface area contributed by atoms with E-state index < -0.39 is 5.91 Å². The van der Waals surface area contributed by atoms with Crippen molar-refractivity contribution in [2.75, 3.05) is 19.8 Å². The van der Waals surface area contributed by atoms with Crippen LogP contribution in [0.5, 0.6) is 11.5 Å². The third-order valence-electron chi connectivity index (χ3n) is 3.20. The van der Waals surface area contributed by atoms with Crippen molar-refractivity contribution in [1.29, 1.82) is 0 Å². The minimum atomic E-state index is -0.558. The maximum atomic E-state index is 10.9. The topological polar surface area (TPSA) is 73.6 Å². The largest absolute Gasteiger partial charge is 0.490 e. The predicted molar refractivity (Wildman–Crippen MR) is 94.2 cm³/mol. The van der Waals surface area contributed by atoms with Gasteiger partial charge in [-0.15, -0.1) is 11.8 Å². The molecule has 0 fully saturated rings. The highest BCUT2D eigenvalue weighted by molar-refractivity contribution is 8.03. The van der Waals surface area contributed by atoms with Gasteiger partial charge in [0.1, 0.15) is 0 Å². The number of allylic oxidation sites excluding steroid dienone is 1. The molecule has 0 aromatic heterocycles. The van der Waals surface area contributed by atoms with Crippen LogP contribution in [0.1, 0.15) is 18.9 Å². The van der Waals surface area contributed by atoms with Gasteiger partial charge in [0.25, 0.3) is 5.91 Å². The summed E-state index contributed by atoms with van der Waals surface area (Å²) in [7, 11) is 0. The SMILES string of the molecule is CCOc1cc(CNCC2CC=CS2)cc(Cl)c1OCC(N)=O. The van der Waals surface area contributed by atoms with Crippen molar-refractivity contribution in [2.45, 2.75) is 25.1 Å². The zero-order valence-electron chi connectivity index (χ0n) is 13.0. The van der Waals surface area contributed by atoms with E-state index in [9.17, 15) is 4.79 Å². The van der Waals surface area contributed by atoms with Crippen LogP contribution in [-0.2, 0) is 11.3 Å². The Morgan fingerprint density at radius 2 is 2.30 bits per heavy atom. The lowest BCUT2D eigenvalue weighted by Crippen LogP contribution is -2.23. The second-order valence-corrected chi connectivity index (χ2v) is 6.71. The summed E-state index contributed by atoms with van der Waals surface area (Å²) >= 11 is 8.11. The first kappa shape index (κ1) is 18.0. The summed E-state index contributed by atoms with van der Waals surface area (Å²) in [6.45, 7) is 3.74. The van der Waals surface area contributed by atoms with E-state index in [0.29, 0.717) is 34.9 Å². The highest BCUT2D eigenvalue weighted by Gasteiger charge is 2.14. The van der Waals surface area contributed by atoms with Crippen LogP contribution in [0, 0.1) is 0 Å². The number of hydrogen-bond donors (Lipinski definition) is 2. The van der Waals surface area contributed by atoms with Crippen LogP contribution in [0.2, 0.25) is 5.02 Å². The Balaban J connectivity index is 2.00. The molecule has 0 aliphatic carbocycles. The molecule has 0 saturated heterocycles. The van der Waals surface area contributed by atoms with E-state index in [1.54, 1.807) is 0 Å². The standard InChI is InChI=1S/C16H21ClN2O3S/c1-2-21-14-7-11(8-19-9-12-4-3-5-23-12)6-13(17)16(14)22-10-15(18)20/h3,5-7,12,19H,2,4,8-10H2,1H3,(H2,18,20). The van der Waals surface area contributed by atoms with Gasteiger partial charge in [0, 0.05) is 18.3 Å². The van der Waals surface area contributed by atoms with Gasteiger partial charge < -0.3 is 20.5 Å². The molecule has 1 aliphatic heterocycles. The maximum absolute atomic E-state index is 10.9. The van der Waals surface area contributed by atoms with Gasteiger partial charge in [-0.05, 0) is 36.4 Å². The maximum Gasteiger partial charge on any atom is 0.255 e. The van der Waals surface area contributed by atoms with Gasteiger partial charge in [0.05, 0.1) is 11.6 Å². The second-order valence-electron chi connectivity index (χ2n) is 5.09. The number of primary amides is 1. The number of ether oxygens (including phenoxy) is 2. The van der Waals surface area contributed by atoms with Crippen molar-refractivity contribution in [1.82, 2.24) is 5.32 Å². The van der Waals surface area contributed by atoms with Crippen LogP contribution in [0.15, 0.2) is 23.6 Å². The molecule has 23 heavy (non-hydrogen) atoms. The van der Waals surface area contributed by atoms with Crippen LogP contribution in [0.25, 0.3) is 0 Å². The minimum Gasteiger partial charge on any atom is -0.490 e. The molecule has 5 nitrogen and oxygen atoms in total. The third kappa shape index (κ3) is 5.64. The summed E-state index contributed by atoms with van der Waals surface area (Å²) in [5, 5.41) is 6.56. The van der Waals surface area contributed by atoms with Gasteiger partial charge in [-0.25, -0.2) is 0 Å². The number of amides is 1. The predicted octanol–water partition coefficient (Wildman–Crippen LogP) is 2.71. The molecule has 1 heterocycles. The number of nitrogens with one attached hydrogen (secondary N) is 1. The zero-order chi connectivity index (χ0) is 16.7. The summed E-state index contributed by atoms with van der Waals surface area (Å²) in [6, 6.07) is 3.69. The molecular weight excluding hydrogens is 336 g/mol. The molecule has 1 atom stereocenters. The van der Waals surface area contributed by atoms with E-state index in [1.165, 1.54) is 0 Å². The van der Waals surface area contributed by atoms with Gasteiger partial charge in [-0.2, -0.15) is 0 Å². The van der Waals surface area contributed by atoms with E-state index in [1.807, 2.05) is 30.8 Å². The molecule has 1 aromatic carbocycles. The fourth-order valence-corrected chi connectivity index (χ4v) is 3.38. The van der Waals surface area contributed by atoms with Crippen LogP contribution in [-0.4, -0.2) is 30.9 Å². The van der Waals surface area contributed by atoms with E-state index >= 15 is 0 Å². The molecule has 126 valence electrons. The van der Waals surface area contributed by atoms with Crippen molar-refractivity contribution in [3.05, 3.63) is 34.2 Å². The third-order valence-corrected chi connectivity index (χ3v) is 4.57. The van der Waals surface area contributed by atoms with Gasteiger partial charge in [-0.1, -0.05) is 17.7 Å². The van der Waals surface area contributed by atoms with E-state index in [0.717, 1.165) is 18.5 Å². The number of halogens is 1. The van der Waals surface area contributed by atoms with Crippen molar-refractivity contribution in [3.63, 3.8) is 0 Å². The second kappa shape index (κ2) is 9.05. The van der Waals surface area contributed by atoms with Crippen molar-refractivity contribution < 1.29 is 14.3 Å². The molecule has 1 aromatic rings. The summed E-state index contributed by atoms with van der Waals surface area (Å²) in [5.41, 5.74) is 6.11. The van der Waals surface area contributed by atoms with Gasteiger partial charge in [-0.3, -0.25) is 4.79 Å². The summed E-state index contributed by atoms with van der Waals surface area (Å²) < 4.78 is 10.9. The minimum absolute atomic E-state index is 0.233. The van der Waals surface area contributed by atoms with Crippen LogP contribution >= 0.6 is 23.4 Å². The smallest absolute Gasteiger partial charge is 0.255 e. The molecule has 0 radical (unpaired) electrons. The Morgan fingerprint density at radius 1 is 1.48 bits per heavy atom. The molecule has 1 aliphatic rings. The summed E-state index contributed by atoms with van der Waals surface area (Å²) in [4.78, 5) is 10.9. The first-order valence-corrected chi connectivity index (χ1v) is 8.79. The lowest BCUT2D eigenvalue weighted by Gasteiger charge is -2.15. The Bertz CT molecular complexity index is 573. The molecular formula is C16H21ClN2O3S. The molecule has 1 unspecified atom stereocenters. The van der Waals surface area contributed by atoms with Gasteiger partial charge >= 0.3 is 0 Å². The number of rotatable bonds is 9. The first-order chi connectivity index (χ1) is 11.1. The molecule has 3 N–H and O–H groups in total. The Morgan fingerprint density at radius 3 is 2.96 bits per heavy atom. The van der Waals surface area contributed by atoms with Crippen molar-refractivity contribution in [2.24, 2.45) is 5.73 Å². The number of thioether (sulfide) groups is 1. The van der Waals surface area contributed by atoms with E-state index in [2.05, 4.69) is 16.8 Å². The normalized spacial score (nSPS) is 16.5. The average molecular weight is 357 g/mol. The van der Waals surface area contributed by atoms with Gasteiger partial charge in [0.15, 0.2) is 18.1 Å². The Hall–Kier alpha value is -1.37. The van der Waals surface area contributed by atoms with E-state index in [-0.39, 0.29) is 6.61 Å². The zero-order valence-corrected chi connectivity index (χ0v) is 14.6. The van der Waals surface area contributed by atoms with Crippen molar-refractivity contribution in [3.8, 4) is 11.5 Å². The number of benzene rings is 1. The quantitative estimate of drug-likeness (QED) is 0.711. The monoisotopic (exact) mass is 356 g/mol. The number of carbonyl (C=O) groups excluding carboxylic acids is 1. The fourth-order valence-electron chi connectivity index (χ4n) is 2.21. The van der Waals surface area contributed by atoms with Gasteiger partial charge in [0.2, 0.25) is 0 Å². The molecule has 0 spiro atoms. The Labute approximate surface area is 145 Å². The van der Waals surface area contributed by atoms with Crippen molar-refractivity contribution >= 4 is 29.3 Å². The highest BCUT2D eigenvalue weighted by Crippen LogP contribution is 2.36. The first-order valence-electron chi connectivity index (χ1n) is 7.47. The lowest BCUT2D eigenvalue weighted by atomic mass is 10.2. The Kier molecular flexibility index (Phi) is 7.08. The number of hydrogen-bond acceptors (Lipinski definition) is 5. The molecule has 0 saturated carbocycles. The fraction of sp³-hybridized carbons (Fsp3) is 0.438. The summed E-state index contributed by atoms with van der Waals surface area (Å²) in [6.07, 6.45) is 3.29. The van der Waals surface area contributed by atoms with Crippen LogP contribution in [0.4, 0.5) is 0 Å². The molecule has 7 heteroatoms. The number of nitrogens with two attached hydrogens (primary N) is 1. The van der Waals surface area contributed by atoms with Crippen LogP contribution < -0.4 is 20.5 Å². The molecule has 2 rings (SSSR count). The summed E-state index contributed by atoms with van der Waals surface area (Å²) in [5.74, 6) is 0.318. The van der Waals surface area contributed by atoms with Crippen LogP contribution in [0.3, 0.4) is 0 Å². The molecule has 0 bridgehead atoms. The van der Waals surface area contributed by atoms with E-state index in [4.69, 9.17) is 26.8 Å². The molecule has 1 amide bonds. The number of carbonyl (C=O) groups is 1. The lowest BCUT2D eigenvalue weighted by molar-refractivity contribution is -0.119. The highest BCUT2D eigenvalue weighted by atomic mass is 35.5.